The third-order valence-corrected chi connectivity index (χ3v) is 3.14. The first kappa shape index (κ1) is 16.8. The van der Waals surface area contributed by atoms with Crippen LogP contribution in [0.5, 0.6) is 11.5 Å². The summed E-state index contributed by atoms with van der Waals surface area (Å²) < 4.78 is 11.4. The van der Waals surface area contributed by atoms with Crippen LogP contribution in [0.15, 0.2) is 18.2 Å². The van der Waals surface area contributed by atoms with Gasteiger partial charge in [0.05, 0.1) is 7.11 Å². The van der Waals surface area contributed by atoms with Crippen LogP contribution in [-0.2, 0) is 5.41 Å². The maximum atomic E-state index is 6.10. The molecule has 20 heavy (non-hydrogen) atoms. The summed E-state index contributed by atoms with van der Waals surface area (Å²) in [6.07, 6.45) is 0.131. The van der Waals surface area contributed by atoms with Gasteiger partial charge in [0.1, 0.15) is 17.6 Å². The maximum Gasteiger partial charge on any atom is 0.123 e. The van der Waals surface area contributed by atoms with E-state index >= 15 is 0 Å². The average Bonchev–Trinajstić information content (AvgIpc) is 2.35. The van der Waals surface area contributed by atoms with Crippen molar-refractivity contribution in [2.75, 3.05) is 13.7 Å². The summed E-state index contributed by atoms with van der Waals surface area (Å²) in [6, 6.07) is 6.50. The molecule has 0 aliphatic heterocycles. The lowest BCUT2D eigenvalue weighted by atomic mass is 9.86. The molecule has 1 aromatic rings. The topological polar surface area (TPSA) is 30.5 Å². The van der Waals surface area contributed by atoms with Gasteiger partial charge in [-0.2, -0.15) is 0 Å². The van der Waals surface area contributed by atoms with Crippen LogP contribution in [-0.4, -0.2) is 25.8 Å². The molecule has 0 radical (unpaired) electrons. The van der Waals surface area contributed by atoms with E-state index in [1.807, 2.05) is 12.1 Å². The molecule has 0 fully saturated rings. The molecule has 3 heteroatoms. The van der Waals surface area contributed by atoms with Gasteiger partial charge < -0.3 is 14.8 Å². The predicted molar refractivity (Wildman–Crippen MR) is 84.9 cm³/mol. The molecule has 0 saturated heterocycles. The molecule has 0 bridgehead atoms. The van der Waals surface area contributed by atoms with Gasteiger partial charge in [0.2, 0.25) is 0 Å². The molecular weight excluding hydrogens is 250 g/mol. The molecule has 0 saturated carbocycles. The van der Waals surface area contributed by atoms with Gasteiger partial charge in [0, 0.05) is 18.2 Å². The van der Waals surface area contributed by atoms with Gasteiger partial charge in [-0.3, -0.25) is 0 Å². The highest BCUT2D eigenvalue weighted by molar-refractivity contribution is 5.44. The molecule has 1 aromatic carbocycles. The third-order valence-electron chi connectivity index (χ3n) is 3.14. The van der Waals surface area contributed by atoms with Gasteiger partial charge in [-0.1, -0.05) is 34.6 Å². The summed E-state index contributed by atoms with van der Waals surface area (Å²) in [7, 11) is 1.69. The van der Waals surface area contributed by atoms with Crippen molar-refractivity contribution in [1.82, 2.24) is 5.32 Å². The summed E-state index contributed by atoms with van der Waals surface area (Å²) >= 11 is 0. The van der Waals surface area contributed by atoms with Gasteiger partial charge in [-0.05, 0) is 30.5 Å². The Morgan fingerprint density at radius 2 is 1.80 bits per heavy atom. The predicted octanol–water partition coefficient (Wildman–Crippen LogP) is 3.76. The van der Waals surface area contributed by atoms with Crippen molar-refractivity contribution in [3.05, 3.63) is 23.8 Å². The Labute approximate surface area is 123 Å². The second kappa shape index (κ2) is 6.98. The van der Waals surface area contributed by atoms with Crippen molar-refractivity contribution >= 4 is 0 Å². The fraction of sp³-hybridized carbons (Fsp3) is 0.647. The molecule has 0 aromatic heterocycles. The molecule has 1 rings (SSSR count). The van der Waals surface area contributed by atoms with E-state index in [2.05, 4.69) is 52.9 Å². The molecule has 0 heterocycles. The molecule has 0 aliphatic carbocycles. The van der Waals surface area contributed by atoms with E-state index in [0.29, 0.717) is 6.04 Å². The fourth-order valence-corrected chi connectivity index (χ4v) is 1.99. The van der Waals surface area contributed by atoms with E-state index in [4.69, 9.17) is 9.47 Å². The van der Waals surface area contributed by atoms with Crippen molar-refractivity contribution in [3.63, 3.8) is 0 Å². The zero-order valence-electron chi connectivity index (χ0n) is 13.9. The number of methoxy groups -OCH3 is 1. The van der Waals surface area contributed by atoms with Crippen LogP contribution in [0.3, 0.4) is 0 Å². The highest BCUT2D eigenvalue weighted by Gasteiger charge is 2.21. The molecule has 0 aliphatic rings. The molecular formula is C17H29NO2. The first-order valence-corrected chi connectivity index (χ1v) is 7.32. The van der Waals surface area contributed by atoms with Gasteiger partial charge in [-0.25, -0.2) is 0 Å². The van der Waals surface area contributed by atoms with Crippen molar-refractivity contribution < 1.29 is 9.47 Å². The minimum absolute atomic E-state index is 0.0229. The van der Waals surface area contributed by atoms with Gasteiger partial charge in [-0.15, -0.1) is 0 Å². The first-order chi connectivity index (χ1) is 9.24. The van der Waals surface area contributed by atoms with E-state index in [0.717, 1.165) is 18.0 Å². The molecule has 3 nitrogen and oxygen atoms in total. The Hall–Kier alpha value is -1.22. The molecule has 114 valence electrons. The Bertz CT molecular complexity index is 421. The zero-order valence-corrected chi connectivity index (χ0v) is 13.9. The SMILES string of the molecule is COc1ccc(OC(C)CNC(C)C)c(C(C)(C)C)c1. The van der Waals surface area contributed by atoms with Gasteiger partial charge >= 0.3 is 0 Å². The summed E-state index contributed by atoms with van der Waals surface area (Å²) in [5.74, 6) is 1.81. The van der Waals surface area contributed by atoms with Crippen molar-refractivity contribution in [1.29, 1.82) is 0 Å². The Kier molecular flexibility index (Phi) is 5.88. The zero-order chi connectivity index (χ0) is 15.3. The average molecular weight is 279 g/mol. The lowest BCUT2D eigenvalue weighted by molar-refractivity contribution is 0.208. The maximum absolute atomic E-state index is 6.10. The monoisotopic (exact) mass is 279 g/mol. The van der Waals surface area contributed by atoms with Crippen LogP contribution >= 0.6 is 0 Å². The number of rotatable bonds is 6. The lowest BCUT2D eigenvalue weighted by Gasteiger charge is -2.26. The van der Waals surface area contributed by atoms with E-state index < -0.39 is 0 Å². The Balaban J connectivity index is 2.88. The van der Waals surface area contributed by atoms with Crippen LogP contribution < -0.4 is 14.8 Å². The summed E-state index contributed by atoms with van der Waals surface area (Å²) in [5, 5.41) is 3.40. The highest BCUT2D eigenvalue weighted by atomic mass is 16.5. The van der Waals surface area contributed by atoms with E-state index in [9.17, 15) is 0 Å². The third kappa shape index (κ3) is 5.04. The van der Waals surface area contributed by atoms with Crippen LogP contribution in [0.25, 0.3) is 0 Å². The van der Waals surface area contributed by atoms with E-state index in [-0.39, 0.29) is 11.5 Å². The van der Waals surface area contributed by atoms with Crippen LogP contribution in [0.4, 0.5) is 0 Å². The molecule has 0 spiro atoms. The molecule has 1 unspecified atom stereocenters. The quantitative estimate of drug-likeness (QED) is 0.860. The number of benzene rings is 1. The fourth-order valence-electron chi connectivity index (χ4n) is 1.99. The number of hydrogen-bond donors (Lipinski definition) is 1. The Morgan fingerprint density at radius 1 is 1.15 bits per heavy atom. The normalized spacial score (nSPS) is 13.4. The molecule has 1 atom stereocenters. The minimum atomic E-state index is 0.0229. The second-order valence-electron chi connectivity index (χ2n) is 6.60. The summed E-state index contributed by atoms with van der Waals surface area (Å²) in [6.45, 7) is 13.8. The first-order valence-electron chi connectivity index (χ1n) is 7.32. The second-order valence-corrected chi connectivity index (χ2v) is 6.60. The van der Waals surface area contributed by atoms with Crippen LogP contribution in [0, 0.1) is 0 Å². The number of ether oxygens (including phenoxy) is 2. The van der Waals surface area contributed by atoms with Crippen molar-refractivity contribution in [2.24, 2.45) is 0 Å². The van der Waals surface area contributed by atoms with Crippen LogP contribution in [0.1, 0.15) is 47.1 Å². The van der Waals surface area contributed by atoms with Crippen LogP contribution in [0.2, 0.25) is 0 Å². The standard InChI is InChI=1S/C17H29NO2/c1-12(2)18-11-13(3)20-16-9-8-14(19-7)10-15(16)17(4,5)6/h8-10,12-13,18H,11H2,1-7H3. The largest absolute Gasteiger partial charge is 0.497 e. The smallest absolute Gasteiger partial charge is 0.123 e. The summed E-state index contributed by atoms with van der Waals surface area (Å²) in [5.41, 5.74) is 1.20. The number of nitrogens with one attached hydrogen (secondary N) is 1. The highest BCUT2D eigenvalue weighted by Crippen LogP contribution is 2.34. The lowest BCUT2D eigenvalue weighted by Crippen LogP contribution is -2.33. The van der Waals surface area contributed by atoms with Crippen molar-refractivity contribution in [2.45, 2.75) is 59.1 Å². The number of hydrogen-bond acceptors (Lipinski definition) is 3. The minimum Gasteiger partial charge on any atom is -0.497 e. The molecule has 0 amide bonds. The van der Waals surface area contributed by atoms with Crippen molar-refractivity contribution in [3.8, 4) is 11.5 Å². The summed E-state index contributed by atoms with van der Waals surface area (Å²) in [4.78, 5) is 0. The van der Waals surface area contributed by atoms with E-state index in [1.54, 1.807) is 7.11 Å². The van der Waals surface area contributed by atoms with E-state index in [1.165, 1.54) is 5.56 Å². The molecule has 1 N–H and O–H groups in total. The van der Waals surface area contributed by atoms with Gasteiger partial charge in [0.25, 0.3) is 0 Å². The van der Waals surface area contributed by atoms with Gasteiger partial charge in [0.15, 0.2) is 0 Å². The Morgan fingerprint density at radius 3 is 2.30 bits per heavy atom.